The molecule has 106 valence electrons. The lowest BCUT2D eigenvalue weighted by Crippen LogP contribution is -2.01. The summed E-state index contributed by atoms with van der Waals surface area (Å²) in [5.74, 6) is -0.0507. The van der Waals surface area contributed by atoms with Gasteiger partial charge in [-0.15, -0.1) is 0 Å². The van der Waals surface area contributed by atoms with Crippen LogP contribution in [-0.2, 0) is 10.8 Å². The van der Waals surface area contributed by atoms with E-state index in [-0.39, 0.29) is 17.6 Å². The van der Waals surface area contributed by atoms with Crippen LogP contribution in [0.5, 0.6) is 0 Å². The number of rotatable bonds is 2. The van der Waals surface area contributed by atoms with Gasteiger partial charge in [-0.2, -0.15) is 4.98 Å². The minimum Gasteiger partial charge on any atom is -0.383 e. The molecule has 7 heteroatoms. The van der Waals surface area contributed by atoms with Crippen molar-refractivity contribution in [2.45, 2.75) is 9.79 Å². The van der Waals surface area contributed by atoms with Gasteiger partial charge in [0.25, 0.3) is 0 Å². The van der Waals surface area contributed by atoms with Crippen LogP contribution in [-0.4, -0.2) is 14.2 Å². The highest BCUT2D eigenvalue weighted by molar-refractivity contribution is 7.85. The maximum absolute atomic E-state index is 12.9. The van der Waals surface area contributed by atoms with Crippen molar-refractivity contribution in [1.29, 1.82) is 0 Å². The van der Waals surface area contributed by atoms with E-state index in [9.17, 15) is 8.60 Å². The lowest BCUT2D eigenvalue weighted by atomic mass is 10.2. The number of benzene rings is 2. The first-order valence-corrected chi connectivity index (χ1v) is 7.19. The first kappa shape index (κ1) is 13.4. The molecule has 0 spiro atoms. The van der Waals surface area contributed by atoms with Gasteiger partial charge in [-0.3, -0.25) is 0 Å². The van der Waals surface area contributed by atoms with Gasteiger partial charge in [-0.1, -0.05) is 0 Å². The fraction of sp³-hybridized carbons (Fsp3) is 0. The van der Waals surface area contributed by atoms with Crippen molar-refractivity contribution < 1.29 is 8.60 Å². The van der Waals surface area contributed by atoms with Gasteiger partial charge in [-0.05, 0) is 42.5 Å². The zero-order valence-corrected chi connectivity index (χ0v) is 11.6. The van der Waals surface area contributed by atoms with Gasteiger partial charge >= 0.3 is 0 Å². The van der Waals surface area contributed by atoms with Gasteiger partial charge in [-0.25, -0.2) is 13.6 Å². The predicted octanol–water partition coefficient (Wildman–Crippen LogP) is 2.10. The third kappa shape index (κ3) is 2.55. The van der Waals surface area contributed by atoms with Gasteiger partial charge in [0.05, 0.1) is 16.3 Å². The molecule has 1 atom stereocenters. The molecule has 21 heavy (non-hydrogen) atoms. The third-order valence-corrected chi connectivity index (χ3v) is 4.34. The van der Waals surface area contributed by atoms with Crippen molar-refractivity contribution in [2.24, 2.45) is 0 Å². The van der Waals surface area contributed by atoms with Gasteiger partial charge in [0, 0.05) is 15.2 Å². The fourth-order valence-corrected chi connectivity index (χ4v) is 3.03. The average Bonchev–Trinajstić information content (AvgIpc) is 2.47. The molecule has 0 radical (unpaired) electrons. The molecule has 1 aromatic heterocycles. The third-order valence-electron chi connectivity index (χ3n) is 2.96. The summed E-state index contributed by atoms with van der Waals surface area (Å²) in [7, 11) is -1.43. The summed E-state index contributed by atoms with van der Waals surface area (Å²) in [6.07, 6.45) is 0. The van der Waals surface area contributed by atoms with Crippen LogP contribution in [0, 0.1) is 5.82 Å². The number of hydrogen-bond donors (Lipinski definition) is 2. The van der Waals surface area contributed by atoms with E-state index < -0.39 is 10.8 Å². The average molecular weight is 302 g/mol. The normalized spacial score (nSPS) is 12.4. The molecule has 2 aromatic carbocycles. The number of nitrogens with zero attached hydrogens (tertiary/aromatic N) is 2. The minimum atomic E-state index is -1.43. The quantitative estimate of drug-likeness (QED) is 0.756. The Morgan fingerprint density at radius 3 is 2.33 bits per heavy atom. The summed E-state index contributed by atoms with van der Waals surface area (Å²) < 4.78 is 25.4. The Morgan fingerprint density at radius 1 is 0.952 bits per heavy atom. The highest BCUT2D eigenvalue weighted by atomic mass is 32.2. The molecule has 1 heterocycles. The van der Waals surface area contributed by atoms with Crippen LogP contribution in [0.15, 0.2) is 52.3 Å². The van der Waals surface area contributed by atoms with Gasteiger partial charge < -0.3 is 11.5 Å². The summed E-state index contributed by atoms with van der Waals surface area (Å²) in [5, 5.41) is 0.581. The van der Waals surface area contributed by atoms with Gasteiger partial charge in [0.2, 0.25) is 5.95 Å². The minimum absolute atomic E-state index is 0.0902. The highest BCUT2D eigenvalue weighted by Gasteiger charge is 2.10. The Morgan fingerprint density at radius 2 is 1.62 bits per heavy atom. The molecule has 3 aromatic rings. The van der Waals surface area contributed by atoms with Crippen molar-refractivity contribution in [3.8, 4) is 0 Å². The molecule has 0 saturated carbocycles. The van der Waals surface area contributed by atoms with Crippen molar-refractivity contribution in [1.82, 2.24) is 9.97 Å². The summed E-state index contributed by atoms with van der Waals surface area (Å²) in [4.78, 5) is 8.98. The Balaban J connectivity index is 2.08. The number of hydrogen-bond acceptors (Lipinski definition) is 5. The first-order chi connectivity index (χ1) is 10.0. The molecule has 5 nitrogen and oxygen atoms in total. The number of aromatic nitrogens is 2. The number of nitrogen functional groups attached to an aromatic ring is 2. The topological polar surface area (TPSA) is 94.9 Å². The lowest BCUT2D eigenvalue weighted by molar-refractivity contribution is 0.626. The highest BCUT2D eigenvalue weighted by Crippen LogP contribution is 2.24. The van der Waals surface area contributed by atoms with Gasteiger partial charge in [0.15, 0.2) is 0 Å². The van der Waals surface area contributed by atoms with Crippen LogP contribution in [0.3, 0.4) is 0 Å². The standard InChI is InChI=1S/C14H11FN4OS/c15-8-1-3-9(4-2-8)21(20)10-5-6-12-11(7-10)13(16)19-14(17)18-12/h1-7H,(H4,16,17,18,19)/t21-/m1/s1. The Hall–Kier alpha value is -2.54. The van der Waals surface area contributed by atoms with Crippen LogP contribution in [0.4, 0.5) is 16.2 Å². The van der Waals surface area contributed by atoms with E-state index in [0.29, 0.717) is 20.7 Å². The largest absolute Gasteiger partial charge is 0.383 e. The summed E-state index contributed by atoms with van der Waals surface area (Å²) in [5.41, 5.74) is 11.9. The predicted molar refractivity (Wildman–Crippen MR) is 79.4 cm³/mol. The molecule has 4 N–H and O–H groups in total. The molecule has 0 aliphatic rings. The van der Waals surface area contributed by atoms with Crippen LogP contribution >= 0.6 is 0 Å². The smallest absolute Gasteiger partial charge is 0.222 e. The molecule has 0 unspecified atom stereocenters. The first-order valence-electron chi connectivity index (χ1n) is 6.05. The molecule has 0 aliphatic heterocycles. The van der Waals surface area contributed by atoms with Crippen molar-refractivity contribution in [3.05, 3.63) is 48.3 Å². The Labute approximate surface area is 122 Å². The van der Waals surface area contributed by atoms with Crippen LogP contribution < -0.4 is 11.5 Å². The molecular formula is C14H11FN4OS. The molecule has 0 fully saturated rings. The molecule has 0 bridgehead atoms. The summed E-state index contributed by atoms with van der Waals surface area (Å²) >= 11 is 0. The van der Waals surface area contributed by atoms with Crippen LogP contribution in [0.2, 0.25) is 0 Å². The number of fused-ring (bicyclic) bond motifs is 1. The Bertz CT molecular complexity index is 851. The van der Waals surface area contributed by atoms with Crippen molar-refractivity contribution in [2.75, 3.05) is 11.5 Å². The lowest BCUT2D eigenvalue weighted by Gasteiger charge is -2.06. The van der Waals surface area contributed by atoms with Crippen LogP contribution in [0.1, 0.15) is 0 Å². The summed E-state index contributed by atoms with van der Waals surface area (Å²) in [6, 6.07) is 10.5. The van der Waals surface area contributed by atoms with E-state index >= 15 is 0 Å². The number of halogens is 1. The summed E-state index contributed by atoms with van der Waals surface area (Å²) in [6.45, 7) is 0. The monoisotopic (exact) mass is 302 g/mol. The molecular weight excluding hydrogens is 291 g/mol. The molecule has 0 saturated heterocycles. The van der Waals surface area contributed by atoms with Crippen LogP contribution in [0.25, 0.3) is 10.9 Å². The second kappa shape index (κ2) is 5.10. The second-order valence-corrected chi connectivity index (χ2v) is 5.85. The molecule has 3 rings (SSSR count). The van der Waals surface area contributed by atoms with E-state index in [1.165, 1.54) is 24.3 Å². The van der Waals surface area contributed by atoms with E-state index in [1.54, 1.807) is 18.2 Å². The molecule has 0 amide bonds. The Kier molecular flexibility index (Phi) is 3.26. The zero-order valence-electron chi connectivity index (χ0n) is 10.8. The van der Waals surface area contributed by atoms with E-state index in [1.807, 2.05) is 0 Å². The van der Waals surface area contributed by atoms with Gasteiger partial charge in [0.1, 0.15) is 11.6 Å². The maximum atomic E-state index is 12.9. The molecule has 0 aliphatic carbocycles. The van der Waals surface area contributed by atoms with Crippen molar-refractivity contribution >= 4 is 33.5 Å². The van der Waals surface area contributed by atoms with Crippen molar-refractivity contribution in [3.63, 3.8) is 0 Å². The van der Waals surface area contributed by atoms with E-state index in [4.69, 9.17) is 11.5 Å². The second-order valence-electron chi connectivity index (χ2n) is 4.37. The number of anilines is 2. The van der Waals surface area contributed by atoms with E-state index in [0.717, 1.165) is 0 Å². The van der Waals surface area contributed by atoms with E-state index in [2.05, 4.69) is 9.97 Å². The number of nitrogens with two attached hydrogens (primary N) is 2. The SMILES string of the molecule is Nc1nc(N)c2cc([S@](=O)c3ccc(F)cc3)ccc2n1. The maximum Gasteiger partial charge on any atom is 0.222 e. The zero-order chi connectivity index (χ0) is 15.0. The fourth-order valence-electron chi connectivity index (χ4n) is 1.96.